The van der Waals surface area contributed by atoms with Crippen molar-refractivity contribution in [1.29, 1.82) is 0 Å². The van der Waals surface area contributed by atoms with Crippen molar-refractivity contribution in [3.8, 4) is 5.75 Å². The molecular weight excluding hydrogens is 270 g/mol. The molecule has 2 unspecified atom stereocenters. The molecule has 1 aromatic carbocycles. The maximum Gasteiger partial charge on any atom is 0.247 e. The molecule has 116 valence electrons. The molecule has 2 atom stereocenters. The lowest BCUT2D eigenvalue weighted by atomic mass is 10.1. The first-order valence-electron chi connectivity index (χ1n) is 7.34. The number of benzene rings is 1. The van der Waals surface area contributed by atoms with E-state index in [1.807, 2.05) is 30.3 Å². The molecule has 0 aromatic heterocycles. The zero-order valence-corrected chi connectivity index (χ0v) is 12.3. The van der Waals surface area contributed by atoms with Crippen LogP contribution in [-0.4, -0.2) is 37.9 Å². The second-order valence-electron chi connectivity index (χ2n) is 4.96. The van der Waals surface area contributed by atoms with E-state index < -0.39 is 0 Å². The lowest BCUT2D eigenvalue weighted by Crippen LogP contribution is -2.45. The fourth-order valence-electron chi connectivity index (χ4n) is 2.12. The summed E-state index contributed by atoms with van der Waals surface area (Å²) in [5, 5.41) is 2.87. The van der Waals surface area contributed by atoms with Gasteiger partial charge < -0.3 is 14.8 Å². The van der Waals surface area contributed by atoms with Crippen LogP contribution in [0.3, 0.4) is 0 Å². The van der Waals surface area contributed by atoms with Gasteiger partial charge in [0.2, 0.25) is 5.91 Å². The molecule has 6 nitrogen and oxygen atoms in total. The molecule has 2 rings (SSSR count). The Morgan fingerprint density at radius 2 is 2.10 bits per heavy atom. The van der Waals surface area contributed by atoms with Gasteiger partial charge in [0.15, 0.2) is 0 Å². The molecular formula is C15H23N3O3. The van der Waals surface area contributed by atoms with Crippen molar-refractivity contribution in [2.45, 2.75) is 32.0 Å². The standard InChI is InChI=1S/C15H23N3O3/c1-2-12-10-14(18-17-12)16-15(19)11-20-8-9-21-13-6-4-3-5-7-13/h3-7,12,14,17-18H,2,8-11H2,1H3,(H,16,19). The van der Waals surface area contributed by atoms with Crippen LogP contribution in [0.2, 0.25) is 0 Å². The van der Waals surface area contributed by atoms with Gasteiger partial charge in [-0.1, -0.05) is 25.1 Å². The molecule has 0 radical (unpaired) electrons. The van der Waals surface area contributed by atoms with Crippen molar-refractivity contribution in [2.75, 3.05) is 19.8 Å². The molecule has 1 aliphatic rings. The number of hydrogen-bond donors (Lipinski definition) is 3. The quantitative estimate of drug-likeness (QED) is 0.619. The second kappa shape index (κ2) is 8.61. The van der Waals surface area contributed by atoms with Crippen molar-refractivity contribution in [3.05, 3.63) is 30.3 Å². The average molecular weight is 293 g/mol. The first-order valence-corrected chi connectivity index (χ1v) is 7.34. The summed E-state index contributed by atoms with van der Waals surface area (Å²) in [5.41, 5.74) is 6.18. The van der Waals surface area contributed by atoms with Gasteiger partial charge >= 0.3 is 0 Å². The highest BCUT2D eigenvalue weighted by Crippen LogP contribution is 2.07. The van der Waals surface area contributed by atoms with Crippen LogP contribution in [0, 0.1) is 0 Å². The summed E-state index contributed by atoms with van der Waals surface area (Å²) in [6, 6.07) is 9.94. The van der Waals surface area contributed by atoms with E-state index in [-0.39, 0.29) is 18.7 Å². The van der Waals surface area contributed by atoms with Gasteiger partial charge in [0, 0.05) is 6.04 Å². The molecule has 1 aliphatic heterocycles. The topological polar surface area (TPSA) is 71.6 Å². The summed E-state index contributed by atoms with van der Waals surface area (Å²) >= 11 is 0. The summed E-state index contributed by atoms with van der Waals surface area (Å²) in [4.78, 5) is 11.7. The average Bonchev–Trinajstić information content (AvgIpc) is 2.95. The molecule has 3 N–H and O–H groups in total. The zero-order chi connectivity index (χ0) is 14.9. The van der Waals surface area contributed by atoms with Crippen LogP contribution in [0.5, 0.6) is 5.75 Å². The van der Waals surface area contributed by atoms with Gasteiger partial charge in [0.05, 0.1) is 12.8 Å². The van der Waals surface area contributed by atoms with Crippen molar-refractivity contribution in [1.82, 2.24) is 16.2 Å². The van der Waals surface area contributed by atoms with Crippen LogP contribution >= 0.6 is 0 Å². The maximum absolute atomic E-state index is 11.7. The Bertz CT molecular complexity index is 427. The lowest BCUT2D eigenvalue weighted by molar-refractivity contribution is -0.126. The van der Waals surface area contributed by atoms with E-state index in [2.05, 4.69) is 23.1 Å². The molecule has 1 amide bonds. The van der Waals surface area contributed by atoms with Crippen molar-refractivity contribution >= 4 is 5.91 Å². The fraction of sp³-hybridized carbons (Fsp3) is 0.533. The normalized spacial score (nSPS) is 21.2. The summed E-state index contributed by atoms with van der Waals surface area (Å²) in [6.07, 6.45) is 1.90. The highest BCUT2D eigenvalue weighted by molar-refractivity contribution is 5.77. The van der Waals surface area contributed by atoms with Crippen LogP contribution in [0.4, 0.5) is 0 Å². The van der Waals surface area contributed by atoms with Crippen molar-refractivity contribution in [3.63, 3.8) is 0 Å². The largest absolute Gasteiger partial charge is 0.491 e. The molecule has 0 spiro atoms. The first-order chi connectivity index (χ1) is 10.3. The number of hydrazine groups is 1. The van der Waals surface area contributed by atoms with E-state index in [1.54, 1.807) is 0 Å². The maximum atomic E-state index is 11.7. The molecule has 1 aromatic rings. The summed E-state index contributed by atoms with van der Waals surface area (Å²) < 4.78 is 10.8. The Kier molecular flexibility index (Phi) is 6.46. The van der Waals surface area contributed by atoms with Gasteiger partial charge in [-0.3, -0.25) is 10.2 Å². The molecule has 0 saturated carbocycles. The Morgan fingerprint density at radius 3 is 2.81 bits per heavy atom. The van der Waals surface area contributed by atoms with E-state index in [4.69, 9.17) is 9.47 Å². The van der Waals surface area contributed by atoms with E-state index in [0.717, 1.165) is 18.6 Å². The monoisotopic (exact) mass is 293 g/mol. The Morgan fingerprint density at radius 1 is 1.29 bits per heavy atom. The number of amides is 1. The number of rotatable bonds is 8. The predicted molar refractivity (Wildman–Crippen MR) is 79.7 cm³/mol. The van der Waals surface area contributed by atoms with E-state index in [0.29, 0.717) is 19.3 Å². The summed E-state index contributed by atoms with van der Waals surface area (Å²) in [7, 11) is 0. The van der Waals surface area contributed by atoms with Gasteiger partial charge in [-0.05, 0) is 25.0 Å². The fourth-order valence-corrected chi connectivity index (χ4v) is 2.12. The van der Waals surface area contributed by atoms with Gasteiger partial charge in [-0.2, -0.15) is 0 Å². The van der Waals surface area contributed by atoms with E-state index in [1.165, 1.54) is 0 Å². The number of nitrogens with one attached hydrogen (secondary N) is 3. The highest BCUT2D eigenvalue weighted by Gasteiger charge is 2.23. The van der Waals surface area contributed by atoms with Gasteiger partial charge in [-0.15, -0.1) is 0 Å². The summed E-state index contributed by atoms with van der Waals surface area (Å²) in [5.74, 6) is 0.683. The third-order valence-electron chi connectivity index (χ3n) is 3.28. The van der Waals surface area contributed by atoms with Crippen molar-refractivity contribution in [2.24, 2.45) is 0 Å². The van der Waals surface area contributed by atoms with E-state index >= 15 is 0 Å². The molecule has 0 aliphatic carbocycles. The van der Waals surface area contributed by atoms with Crippen LogP contribution in [0.1, 0.15) is 19.8 Å². The SMILES string of the molecule is CCC1CC(NC(=O)COCCOc2ccccc2)NN1. The number of hydrogen-bond acceptors (Lipinski definition) is 5. The first kappa shape index (κ1) is 15.8. The molecule has 1 saturated heterocycles. The van der Waals surface area contributed by atoms with Crippen LogP contribution < -0.4 is 20.9 Å². The smallest absolute Gasteiger partial charge is 0.247 e. The van der Waals surface area contributed by atoms with E-state index in [9.17, 15) is 4.79 Å². The van der Waals surface area contributed by atoms with Crippen LogP contribution in [-0.2, 0) is 9.53 Å². The third kappa shape index (κ3) is 5.71. The number of carbonyl (C=O) groups is 1. The Labute approximate surface area is 125 Å². The molecule has 0 bridgehead atoms. The number of carbonyl (C=O) groups excluding carboxylic acids is 1. The number of para-hydroxylation sites is 1. The zero-order valence-electron chi connectivity index (χ0n) is 12.3. The lowest BCUT2D eigenvalue weighted by Gasteiger charge is -2.12. The minimum Gasteiger partial charge on any atom is -0.491 e. The van der Waals surface area contributed by atoms with Gasteiger partial charge in [-0.25, -0.2) is 5.43 Å². The third-order valence-corrected chi connectivity index (χ3v) is 3.28. The Balaban J connectivity index is 1.51. The summed E-state index contributed by atoms with van der Waals surface area (Å²) in [6.45, 7) is 2.97. The number of ether oxygens (including phenoxy) is 2. The van der Waals surface area contributed by atoms with Crippen molar-refractivity contribution < 1.29 is 14.3 Å². The van der Waals surface area contributed by atoms with Crippen LogP contribution in [0.15, 0.2) is 30.3 Å². The molecule has 21 heavy (non-hydrogen) atoms. The highest BCUT2D eigenvalue weighted by atomic mass is 16.5. The van der Waals surface area contributed by atoms with Gasteiger partial charge in [0.1, 0.15) is 19.0 Å². The molecule has 1 heterocycles. The molecule has 1 fully saturated rings. The molecule has 6 heteroatoms. The second-order valence-corrected chi connectivity index (χ2v) is 4.96. The Hall–Kier alpha value is -1.63. The minimum atomic E-state index is -0.120. The van der Waals surface area contributed by atoms with Crippen LogP contribution in [0.25, 0.3) is 0 Å². The predicted octanol–water partition coefficient (Wildman–Crippen LogP) is 0.801. The minimum absolute atomic E-state index is 0.0216. The van der Waals surface area contributed by atoms with Gasteiger partial charge in [0.25, 0.3) is 0 Å².